The summed E-state index contributed by atoms with van der Waals surface area (Å²) in [5, 5.41) is 120. The van der Waals surface area contributed by atoms with Crippen molar-refractivity contribution in [3.63, 3.8) is 0 Å². The number of amides is 7. The Morgan fingerprint density at radius 2 is 1.35 bits per heavy atom. The summed E-state index contributed by atoms with van der Waals surface area (Å²) in [6.07, 6.45) is -19.3. The number of aliphatic hydroxyl groups excluding tert-OH is 5. The van der Waals surface area contributed by atoms with E-state index in [-0.39, 0.29) is 73.4 Å². The Morgan fingerprint density at radius 3 is 1.93 bits per heavy atom. The number of ether oxygens (including phenoxy) is 6. The number of aliphatic hydroxyl groups is 5. The van der Waals surface area contributed by atoms with Gasteiger partial charge in [0.25, 0.3) is 10.1 Å². The van der Waals surface area contributed by atoms with Gasteiger partial charge < -0.3 is 123 Å². The van der Waals surface area contributed by atoms with Crippen LogP contribution >= 0.6 is 23.2 Å². The van der Waals surface area contributed by atoms with E-state index in [1.165, 1.54) is 76.5 Å². The summed E-state index contributed by atoms with van der Waals surface area (Å²) in [7, 11) is -2.01. The van der Waals surface area contributed by atoms with Gasteiger partial charge >= 0.3 is 5.97 Å². The number of halogens is 2. The van der Waals surface area contributed by atoms with Gasteiger partial charge in [0.15, 0.2) is 29.9 Å². The van der Waals surface area contributed by atoms with E-state index >= 15 is 0 Å². The van der Waals surface area contributed by atoms with Gasteiger partial charge in [0, 0.05) is 41.8 Å². The molecule has 2 fully saturated rings. The molecular weight excluding hydrogens is 1570 g/mol. The van der Waals surface area contributed by atoms with Crippen LogP contribution in [0.3, 0.4) is 0 Å². The molecule has 8 bridgehead atoms. The minimum absolute atomic E-state index is 0.0818. The average Bonchev–Trinajstić information content (AvgIpc) is 0.782. The summed E-state index contributed by atoms with van der Waals surface area (Å²) in [6.45, 7) is 11.7. The number of aryl methyl sites for hydroxylation is 3. The lowest BCUT2D eigenvalue weighted by atomic mass is 9.86. The van der Waals surface area contributed by atoms with E-state index < -0.39 is 220 Å². The largest absolute Gasteiger partial charge is 0.508 e. The number of nitrogens with one attached hydrogen (secondary N) is 7. The van der Waals surface area contributed by atoms with Crippen molar-refractivity contribution in [2.75, 3.05) is 20.7 Å². The normalized spacial score (nSPS) is 26.2. The summed E-state index contributed by atoms with van der Waals surface area (Å²) in [5.74, 6) is -13.7. The van der Waals surface area contributed by atoms with Crippen LogP contribution in [0.5, 0.6) is 46.0 Å². The number of aliphatic carboxylic acids is 1. The summed E-state index contributed by atoms with van der Waals surface area (Å²) < 4.78 is 72.2. The zero-order chi connectivity index (χ0) is 84.7. The number of carbonyl (C=O) groups excluding carboxylic acids is 7. The Morgan fingerprint density at radius 1 is 0.730 bits per heavy atom. The van der Waals surface area contributed by atoms with Gasteiger partial charge in [0.05, 0.1) is 58.7 Å². The molecule has 622 valence electrons. The zero-order valence-corrected chi connectivity index (χ0v) is 66.2. The number of para-hydroxylation sites is 1. The predicted octanol–water partition coefficient (Wildman–Crippen LogP) is 3.42. The molecule has 35 nitrogen and oxygen atoms in total. The average molecular weight is 1660 g/mol. The van der Waals surface area contributed by atoms with E-state index in [0.29, 0.717) is 11.1 Å². The molecule has 17 atom stereocenters. The maximum Gasteiger partial charge on any atom is 0.330 e. The van der Waals surface area contributed by atoms with Crippen molar-refractivity contribution in [1.29, 1.82) is 0 Å². The van der Waals surface area contributed by atoms with Gasteiger partial charge in [-0.05, 0) is 143 Å². The first-order valence-corrected chi connectivity index (χ1v) is 38.3. The van der Waals surface area contributed by atoms with Gasteiger partial charge in [-0.1, -0.05) is 79.0 Å². The van der Waals surface area contributed by atoms with Gasteiger partial charge in [-0.25, -0.2) is 4.79 Å². The quantitative estimate of drug-likeness (QED) is 0.0582. The number of carboxylic acids is 1. The third-order valence-corrected chi connectivity index (χ3v) is 21.6. The Hall–Kier alpha value is -10.0. The van der Waals surface area contributed by atoms with Crippen LogP contribution in [0.4, 0.5) is 0 Å². The maximum absolute atomic E-state index is 14.9. The van der Waals surface area contributed by atoms with Crippen LogP contribution in [0.1, 0.15) is 124 Å². The lowest BCUT2D eigenvalue weighted by Gasteiger charge is -2.47. The fourth-order valence-corrected chi connectivity index (χ4v) is 15.4. The number of nitrogens with two attached hydrogens (primary N) is 2. The number of likely N-dealkylation sites (N-methyl/N-ethyl adjacent to an activating group) is 2. The van der Waals surface area contributed by atoms with Crippen LogP contribution in [-0.4, -0.2) is 201 Å². The minimum Gasteiger partial charge on any atom is -0.508 e. The van der Waals surface area contributed by atoms with Gasteiger partial charge in [-0.15, -0.1) is 0 Å². The summed E-state index contributed by atoms with van der Waals surface area (Å²) in [6, 6.07) is 8.51. The highest BCUT2D eigenvalue weighted by Crippen LogP contribution is 2.48. The van der Waals surface area contributed by atoms with Gasteiger partial charge in [0.1, 0.15) is 77.3 Å². The molecule has 7 amide bonds. The number of phenols is 3. The topological polar surface area (TPSA) is 554 Å². The summed E-state index contributed by atoms with van der Waals surface area (Å²) in [4.78, 5) is 111. The molecule has 0 radical (unpaired) electrons. The van der Waals surface area contributed by atoms with Gasteiger partial charge in [0.2, 0.25) is 53.4 Å². The number of carboxylic acid groups (broad SMARTS) is 1. The summed E-state index contributed by atoms with van der Waals surface area (Å²) >= 11 is 14.0. The molecule has 5 heterocycles. The number of rotatable bonds is 17. The molecule has 6 aromatic carbocycles. The molecule has 2 saturated heterocycles. The van der Waals surface area contributed by atoms with E-state index in [2.05, 4.69) is 37.2 Å². The first-order valence-electron chi connectivity index (χ1n) is 36.2. The van der Waals surface area contributed by atoms with E-state index in [0.717, 1.165) is 48.9 Å². The molecule has 0 spiro atoms. The number of benzene rings is 6. The fraction of sp³-hybridized carbons (Fsp3) is 0.429. The van der Waals surface area contributed by atoms with Gasteiger partial charge in [-0.3, -0.25) is 37.7 Å². The third-order valence-electron chi connectivity index (χ3n) is 19.4. The molecule has 115 heavy (non-hydrogen) atoms. The second kappa shape index (κ2) is 37.3. The van der Waals surface area contributed by atoms with E-state index in [1.54, 1.807) is 32.9 Å². The van der Waals surface area contributed by atoms with E-state index in [9.17, 15) is 92.7 Å². The monoisotopic (exact) mass is 1660 g/mol. The molecule has 11 rings (SSSR count). The Labute approximate surface area is 670 Å². The first kappa shape index (κ1) is 88.9. The second-order valence-corrected chi connectivity index (χ2v) is 31.4. The third kappa shape index (κ3) is 21.2. The SMILES string of the molecule is CNC(=O)C1NC(=O)[C@@H](C)NC(=O)[C@H](CC(N)=O)NC(=O)[C@H](NC(=O)[C@@H](CC(C)C)NC)[C@H](O)c2ccc(c(Cl)c2)Oc2cccc(c2OC2OC(COS(=O)(=O)c3c(C)cc(C)cc3C)C(O)C(O)C2OC2CC(C)(N)C(O)C(C)O2)Oc2ccc(cc2Cl)[C@@H](O)CC(=O)N[C@@H](C(=O)O)c2cc(O)cc(O)c2-c2cc1ccc2O. The highest BCUT2D eigenvalue weighted by Gasteiger charge is 2.52. The first-order chi connectivity index (χ1) is 54.0. The number of primary amides is 1. The number of carbonyl (C=O) groups is 8. The molecule has 5 aliphatic heterocycles. The molecule has 10 unspecified atom stereocenters. The Bertz CT molecular complexity index is 4770. The van der Waals surface area contributed by atoms with Gasteiger partial charge in [-0.2, -0.15) is 8.42 Å². The minimum atomic E-state index is -4.66. The van der Waals surface area contributed by atoms with E-state index in [1.807, 2.05) is 13.8 Å². The second-order valence-electron chi connectivity index (χ2n) is 29.0. The number of phenolic OH excluding ortho intramolecular Hbond substituents is 3. The van der Waals surface area contributed by atoms with Crippen molar-refractivity contribution in [2.45, 2.75) is 189 Å². The number of hydrogen-bond donors (Lipinski definition) is 18. The van der Waals surface area contributed by atoms with Crippen LogP contribution in [0, 0.1) is 26.7 Å². The van der Waals surface area contributed by atoms with Crippen LogP contribution in [0.15, 0.2) is 102 Å². The van der Waals surface area contributed by atoms with Crippen molar-refractivity contribution in [1.82, 2.24) is 37.2 Å². The van der Waals surface area contributed by atoms with Crippen molar-refractivity contribution in [3.8, 4) is 57.1 Å². The predicted molar refractivity (Wildman–Crippen MR) is 409 cm³/mol. The molecule has 38 heteroatoms. The van der Waals surface area contributed by atoms with Crippen LogP contribution in [-0.2, 0) is 66.9 Å². The molecule has 5 aliphatic rings. The van der Waals surface area contributed by atoms with Crippen LogP contribution < -0.4 is 62.9 Å². The molecule has 6 aromatic rings. The van der Waals surface area contributed by atoms with Crippen LogP contribution in [0.25, 0.3) is 11.1 Å². The van der Waals surface area contributed by atoms with E-state index in [4.69, 9.17) is 67.3 Å². The Balaban J connectivity index is 1.18. The Kier molecular flexibility index (Phi) is 28.8. The molecule has 0 saturated carbocycles. The van der Waals surface area contributed by atoms with Crippen LogP contribution in [0.2, 0.25) is 10.0 Å². The lowest BCUT2D eigenvalue weighted by Crippen LogP contribution is -2.64. The molecule has 20 N–H and O–H groups in total. The molecular formula is C77H93Cl2N9O26S. The highest BCUT2D eigenvalue weighted by molar-refractivity contribution is 7.86. The smallest absolute Gasteiger partial charge is 0.330 e. The number of fused-ring (bicyclic) bond motifs is 2. The van der Waals surface area contributed by atoms with Crippen molar-refractivity contribution >= 4 is 80.6 Å². The number of aromatic hydroxyl groups is 3. The molecule has 0 aliphatic carbocycles. The van der Waals surface area contributed by atoms with Crippen molar-refractivity contribution in [2.24, 2.45) is 17.4 Å². The fourth-order valence-electron chi connectivity index (χ4n) is 13.6. The zero-order valence-electron chi connectivity index (χ0n) is 63.9. The standard InChI is InChI=1S/C77H93Cl2N9O26S/c1-32(2)20-46(82-9)71(100)88-62-63(95)40-16-19-52(45(79)25-40)111-54-13-11-12-53(66(54)114-76-67(113-58-30-77(8,81)69(98)37(7)109-58)65(97)64(96)55(112-76)31-108-115(106,107)68-34(4)21-33(3)22-35(68)5)110-51-18-15-38(24-44(51)78)49(91)29-57(94)86-61(75(104)105)43-26-41(89)27-50(92)59(43)42-23-39(14-17-48(42)90)60(73(102)83-10)87-70(99)36(6)84-72(101)47(28-56(80)93)85-74(62)103/h11-19,21-27,32,36-37,46-47,49,55,58,60-65,67,69,76,82,89-92,95-98H,20,28-31,81H2,1-10H3,(H2,80,93)(H,83,102)(H,84,101)(H,85,103)(H,86,94)(H,87,99)(H,88,100)(H,104,105)/t36-,37?,46-,47+,49+,55?,58?,60?,61-,62-,63-,64?,65?,67?,69?,76?,77?/m1/s1. The van der Waals surface area contributed by atoms with Crippen molar-refractivity contribution in [3.05, 3.63) is 146 Å². The maximum atomic E-state index is 14.9. The number of hydrogen-bond acceptors (Lipinski definition) is 27. The lowest BCUT2D eigenvalue weighted by molar-refractivity contribution is -0.333. The van der Waals surface area contributed by atoms with Crippen molar-refractivity contribution < 1.29 is 125 Å². The molecule has 0 aromatic heterocycles. The summed E-state index contributed by atoms with van der Waals surface area (Å²) in [5.41, 5.74) is 10.2. The highest BCUT2D eigenvalue weighted by atomic mass is 35.5.